The molecule has 0 atom stereocenters. The minimum Gasteiger partial charge on any atom is -0.494 e. The Kier molecular flexibility index (Phi) is 6.81. The van der Waals surface area contributed by atoms with E-state index in [0.29, 0.717) is 30.5 Å². The number of rotatable bonds is 10. The van der Waals surface area contributed by atoms with Crippen LogP contribution in [0.4, 0.5) is 0 Å². The molecule has 1 amide bonds. The van der Waals surface area contributed by atoms with E-state index < -0.39 is 0 Å². The Balaban J connectivity index is 1.36. The molecule has 4 rings (SSSR count). The Hall–Kier alpha value is -4.07. The first-order valence-corrected chi connectivity index (χ1v) is 10.4. The topological polar surface area (TPSA) is 91.4 Å². The third-order valence-electron chi connectivity index (χ3n) is 4.56. The fraction of sp³-hybridized carbons (Fsp3) is 0.208. The van der Waals surface area contributed by atoms with Crippen molar-refractivity contribution in [1.29, 1.82) is 0 Å². The molecule has 0 radical (unpaired) electrons. The second kappa shape index (κ2) is 10.3. The number of nitrogens with zero attached hydrogens (tertiary/aromatic N) is 3. The highest BCUT2D eigenvalue weighted by Gasteiger charge is 2.13. The summed E-state index contributed by atoms with van der Waals surface area (Å²) in [7, 11) is 0. The quantitative estimate of drug-likeness (QED) is 0.399. The highest BCUT2D eigenvalue weighted by molar-refractivity contribution is 5.91. The molecule has 3 aromatic heterocycles. The number of hydrogen-bond acceptors (Lipinski definition) is 6. The monoisotopic (exact) mass is 432 g/mol. The van der Waals surface area contributed by atoms with Gasteiger partial charge in [-0.15, -0.1) is 0 Å². The summed E-state index contributed by atoms with van der Waals surface area (Å²) >= 11 is 0. The van der Waals surface area contributed by atoms with Gasteiger partial charge in [-0.25, -0.2) is 4.98 Å². The zero-order valence-corrected chi connectivity index (χ0v) is 17.7. The van der Waals surface area contributed by atoms with Crippen LogP contribution in [0.5, 0.6) is 17.4 Å². The Bertz CT molecular complexity index is 1140. The summed E-state index contributed by atoms with van der Waals surface area (Å²) in [6.07, 6.45) is 6.12. The maximum absolute atomic E-state index is 12.5. The van der Waals surface area contributed by atoms with Crippen LogP contribution in [-0.2, 0) is 13.1 Å². The molecule has 0 aliphatic rings. The molecule has 164 valence electrons. The number of furan rings is 1. The van der Waals surface area contributed by atoms with Crippen LogP contribution in [0, 0.1) is 0 Å². The van der Waals surface area contributed by atoms with E-state index in [0.717, 1.165) is 17.7 Å². The number of pyridine rings is 1. The number of benzene rings is 1. The molecule has 8 nitrogen and oxygen atoms in total. The third kappa shape index (κ3) is 5.54. The molecule has 0 fully saturated rings. The molecule has 4 aromatic rings. The third-order valence-corrected chi connectivity index (χ3v) is 4.56. The maximum atomic E-state index is 12.5. The fourth-order valence-corrected chi connectivity index (χ4v) is 2.99. The molecule has 3 heterocycles. The summed E-state index contributed by atoms with van der Waals surface area (Å²) in [6.45, 7) is 3.44. The first kappa shape index (κ1) is 21.2. The average molecular weight is 432 g/mol. The largest absolute Gasteiger partial charge is 0.494 e. The number of amides is 1. The molecule has 1 N–H and O–H groups in total. The minimum absolute atomic E-state index is 0.237. The second-order valence-electron chi connectivity index (χ2n) is 7.04. The number of carbonyl (C=O) groups excluding carboxylic acids is 1. The van der Waals surface area contributed by atoms with Gasteiger partial charge in [0.15, 0.2) is 5.76 Å². The van der Waals surface area contributed by atoms with E-state index in [-0.39, 0.29) is 18.2 Å². The zero-order valence-electron chi connectivity index (χ0n) is 17.7. The molecule has 0 aliphatic carbocycles. The molecular weight excluding hydrogens is 408 g/mol. The van der Waals surface area contributed by atoms with Crippen molar-refractivity contribution in [2.24, 2.45) is 0 Å². The van der Waals surface area contributed by atoms with Gasteiger partial charge in [0.1, 0.15) is 17.3 Å². The molecule has 8 heteroatoms. The van der Waals surface area contributed by atoms with Gasteiger partial charge in [-0.2, -0.15) is 5.10 Å². The van der Waals surface area contributed by atoms with Crippen molar-refractivity contribution in [1.82, 2.24) is 20.1 Å². The number of carbonyl (C=O) groups is 1. The van der Waals surface area contributed by atoms with Crippen molar-refractivity contribution in [2.75, 3.05) is 6.61 Å². The van der Waals surface area contributed by atoms with E-state index in [1.165, 1.54) is 0 Å². The Morgan fingerprint density at radius 2 is 1.91 bits per heavy atom. The lowest BCUT2D eigenvalue weighted by Crippen LogP contribution is -2.22. The number of nitrogens with one attached hydrogen (secondary N) is 1. The number of hydrogen-bond donors (Lipinski definition) is 1. The van der Waals surface area contributed by atoms with Gasteiger partial charge >= 0.3 is 0 Å². The van der Waals surface area contributed by atoms with E-state index in [9.17, 15) is 4.79 Å². The van der Waals surface area contributed by atoms with Gasteiger partial charge in [-0.3, -0.25) is 9.48 Å². The number of ether oxygens (including phenoxy) is 2. The predicted octanol–water partition coefficient (Wildman–Crippen LogP) is 4.43. The van der Waals surface area contributed by atoms with Gasteiger partial charge in [0.25, 0.3) is 5.91 Å². The molecule has 0 aliphatic heterocycles. The summed E-state index contributed by atoms with van der Waals surface area (Å²) in [4.78, 5) is 16.8. The van der Waals surface area contributed by atoms with Crippen LogP contribution in [-0.4, -0.2) is 27.3 Å². The number of aromatic nitrogens is 3. The smallest absolute Gasteiger partial charge is 0.287 e. The van der Waals surface area contributed by atoms with Gasteiger partial charge in [0, 0.05) is 30.7 Å². The maximum Gasteiger partial charge on any atom is 0.287 e. The van der Waals surface area contributed by atoms with Gasteiger partial charge in [-0.1, -0.05) is 13.0 Å². The Labute approximate surface area is 185 Å². The van der Waals surface area contributed by atoms with Gasteiger partial charge in [0.2, 0.25) is 5.88 Å². The molecule has 1 aromatic carbocycles. The normalized spacial score (nSPS) is 10.7. The van der Waals surface area contributed by atoms with E-state index in [2.05, 4.69) is 22.3 Å². The summed E-state index contributed by atoms with van der Waals surface area (Å²) in [6, 6.07) is 16.3. The Morgan fingerprint density at radius 1 is 1.06 bits per heavy atom. The van der Waals surface area contributed by atoms with Crippen LogP contribution in [0.25, 0.3) is 0 Å². The lowest BCUT2D eigenvalue weighted by atomic mass is 10.2. The van der Waals surface area contributed by atoms with Gasteiger partial charge < -0.3 is 19.2 Å². The molecular formula is C24H24N4O4. The van der Waals surface area contributed by atoms with E-state index in [4.69, 9.17) is 13.9 Å². The van der Waals surface area contributed by atoms with Crippen LogP contribution < -0.4 is 14.8 Å². The summed E-state index contributed by atoms with van der Waals surface area (Å²) in [5.74, 6) is 2.42. The summed E-state index contributed by atoms with van der Waals surface area (Å²) < 4.78 is 18.9. The van der Waals surface area contributed by atoms with Crippen molar-refractivity contribution in [2.45, 2.75) is 26.4 Å². The van der Waals surface area contributed by atoms with Crippen molar-refractivity contribution < 1.29 is 18.7 Å². The average Bonchev–Trinajstić information content (AvgIpc) is 3.50. The molecule has 0 saturated carbocycles. The fourth-order valence-electron chi connectivity index (χ4n) is 2.99. The molecule has 0 saturated heterocycles. The summed E-state index contributed by atoms with van der Waals surface area (Å²) in [5, 5.41) is 6.98. The highest BCUT2D eigenvalue weighted by Crippen LogP contribution is 2.25. The first-order valence-electron chi connectivity index (χ1n) is 10.4. The van der Waals surface area contributed by atoms with Crippen molar-refractivity contribution in [3.63, 3.8) is 0 Å². The van der Waals surface area contributed by atoms with Crippen molar-refractivity contribution >= 4 is 5.91 Å². The highest BCUT2D eigenvalue weighted by atomic mass is 16.5. The van der Waals surface area contributed by atoms with E-state index in [1.54, 1.807) is 35.3 Å². The summed E-state index contributed by atoms with van der Waals surface area (Å²) in [5.41, 5.74) is 0.746. The van der Waals surface area contributed by atoms with Crippen LogP contribution in [0.2, 0.25) is 0 Å². The molecule has 0 spiro atoms. The van der Waals surface area contributed by atoms with Gasteiger partial charge in [0.05, 0.1) is 13.2 Å². The lowest BCUT2D eigenvalue weighted by Gasteiger charge is -2.11. The molecule has 0 unspecified atom stereocenters. The van der Waals surface area contributed by atoms with E-state index >= 15 is 0 Å². The predicted molar refractivity (Wildman–Crippen MR) is 118 cm³/mol. The van der Waals surface area contributed by atoms with Crippen molar-refractivity contribution in [3.05, 3.63) is 90.3 Å². The minimum atomic E-state index is -0.316. The van der Waals surface area contributed by atoms with Crippen molar-refractivity contribution in [3.8, 4) is 17.4 Å². The van der Waals surface area contributed by atoms with Crippen LogP contribution in [0.1, 0.15) is 35.2 Å². The van der Waals surface area contributed by atoms with E-state index in [1.807, 2.05) is 42.6 Å². The van der Waals surface area contributed by atoms with Crippen LogP contribution >= 0.6 is 0 Å². The standard InChI is InChI=1S/C24H24N4O4/c1-2-15-30-19-6-8-20(9-7-19)32-24-18(5-3-12-25-24)16-26-23(29)22-11-10-21(31-22)17-28-14-4-13-27-28/h3-14H,2,15-17H2,1H3,(H,26,29). The lowest BCUT2D eigenvalue weighted by molar-refractivity contribution is 0.0921. The second-order valence-corrected chi connectivity index (χ2v) is 7.04. The molecule has 32 heavy (non-hydrogen) atoms. The van der Waals surface area contributed by atoms with Crippen LogP contribution in [0.3, 0.4) is 0 Å². The van der Waals surface area contributed by atoms with Crippen LogP contribution in [0.15, 0.2) is 77.6 Å². The SMILES string of the molecule is CCCOc1ccc(Oc2ncccc2CNC(=O)c2ccc(Cn3cccn3)o2)cc1. The first-order chi connectivity index (χ1) is 15.7. The Morgan fingerprint density at radius 3 is 2.69 bits per heavy atom. The van der Waals surface area contributed by atoms with Gasteiger partial charge in [-0.05, 0) is 55.0 Å². The molecule has 0 bridgehead atoms. The zero-order chi connectivity index (χ0) is 22.2.